The second-order valence-corrected chi connectivity index (χ2v) is 5.77. The Bertz CT molecular complexity index is 856. The third-order valence-electron chi connectivity index (χ3n) is 3.86. The standard InChI is InChI=1S/C19H21N3O4/c1-12-6-14(4-5-20-12)19-22-17(11-26-19)18(23)21-10-13-7-15(24-2)9-16(8-13)25-3/h4-9,11,18,21,23H,10H2,1-3H3. The van der Waals surface area contributed by atoms with Crippen molar-refractivity contribution in [3.8, 4) is 23.0 Å². The minimum atomic E-state index is -0.965. The number of methoxy groups -OCH3 is 2. The molecular weight excluding hydrogens is 334 g/mol. The summed E-state index contributed by atoms with van der Waals surface area (Å²) in [4.78, 5) is 8.49. The Hall–Kier alpha value is -2.90. The van der Waals surface area contributed by atoms with Gasteiger partial charge in [-0.15, -0.1) is 0 Å². The first-order valence-corrected chi connectivity index (χ1v) is 8.11. The molecule has 0 amide bonds. The van der Waals surface area contributed by atoms with Crippen molar-refractivity contribution in [3.63, 3.8) is 0 Å². The highest BCUT2D eigenvalue weighted by molar-refractivity contribution is 5.53. The predicted octanol–water partition coefficient (Wildman–Crippen LogP) is 2.84. The van der Waals surface area contributed by atoms with E-state index >= 15 is 0 Å². The molecule has 26 heavy (non-hydrogen) atoms. The molecule has 2 N–H and O–H groups in total. The zero-order valence-electron chi connectivity index (χ0n) is 14.9. The molecule has 1 unspecified atom stereocenters. The summed E-state index contributed by atoms with van der Waals surface area (Å²) in [6.45, 7) is 2.30. The number of aliphatic hydroxyl groups excluding tert-OH is 1. The summed E-state index contributed by atoms with van der Waals surface area (Å²) in [5, 5.41) is 13.3. The highest BCUT2D eigenvalue weighted by atomic mass is 16.5. The smallest absolute Gasteiger partial charge is 0.226 e. The van der Waals surface area contributed by atoms with E-state index in [1.54, 1.807) is 26.5 Å². The first-order valence-electron chi connectivity index (χ1n) is 8.11. The SMILES string of the molecule is COc1cc(CNC(O)c2coc(-c3ccnc(C)c3)n2)cc(OC)c1. The number of aliphatic hydroxyl groups is 1. The van der Waals surface area contributed by atoms with E-state index in [9.17, 15) is 5.11 Å². The molecule has 0 saturated heterocycles. The molecule has 7 nitrogen and oxygen atoms in total. The van der Waals surface area contributed by atoms with Crippen molar-refractivity contribution in [2.45, 2.75) is 19.7 Å². The molecule has 0 spiro atoms. The number of rotatable bonds is 7. The van der Waals surface area contributed by atoms with Gasteiger partial charge in [-0.25, -0.2) is 4.98 Å². The zero-order chi connectivity index (χ0) is 18.5. The van der Waals surface area contributed by atoms with E-state index in [0.29, 0.717) is 29.6 Å². The van der Waals surface area contributed by atoms with Crippen molar-refractivity contribution >= 4 is 0 Å². The average Bonchev–Trinajstić information content (AvgIpc) is 3.16. The fourth-order valence-electron chi connectivity index (χ4n) is 2.51. The van der Waals surface area contributed by atoms with Gasteiger partial charge in [0.1, 0.15) is 23.5 Å². The number of aromatic nitrogens is 2. The van der Waals surface area contributed by atoms with Gasteiger partial charge in [0.15, 0.2) is 6.23 Å². The number of benzene rings is 1. The lowest BCUT2D eigenvalue weighted by atomic mass is 10.2. The molecule has 0 aliphatic heterocycles. The second kappa shape index (κ2) is 7.99. The van der Waals surface area contributed by atoms with Gasteiger partial charge < -0.3 is 19.0 Å². The minimum Gasteiger partial charge on any atom is -0.497 e. The highest BCUT2D eigenvalue weighted by Crippen LogP contribution is 2.24. The first kappa shape index (κ1) is 17.9. The van der Waals surface area contributed by atoms with Crippen molar-refractivity contribution in [1.82, 2.24) is 15.3 Å². The summed E-state index contributed by atoms with van der Waals surface area (Å²) in [6.07, 6.45) is 2.17. The molecule has 3 aromatic rings. The van der Waals surface area contributed by atoms with Crippen LogP contribution < -0.4 is 14.8 Å². The molecule has 0 aliphatic rings. The van der Waals surface area contributed by atoms with Crippen LogP contribution in [0, 0.1) is 6.92 Å². The number of hydrogen-bond acceptors (Lipinski definition) is 7. The van der Waals surface area contributed by atoms with E-state index < -0.39 is 6.23 Å². The van der Waals surface area contributed by atoms with Crippen LogP contribution in [0.15, 0.2) is 47.2 Å². The molecule has 2 aromatic heterocycles. The largest absolute Gasteiger partial charge is 0.497 e. The van der Waals surface area contributed by atoms with Crippen LogP contribution in [0.25, 0.3) is 11.5 Å². The molecule has 7 heteroatoms. The zero-order valence-corrected chi connectivity index (χ0v) is 14.9. The summed E-state index contributed by atoms with van der Waals surface area (Å²) in [5.41, 5.74) is 3.00. The molecule has 3 rings (SSSR count). The molecule has 2 heterocycles. The van der Waals surface area contributed by atoms with Gasteiger partial charge in [0.25, 0.3) is 0 Å². The van der Waals surface area contributed by atoms with Gasteiger partial charge in [0.05, 0.1) is 14.2 Å². The lowest BCUT2D eigenvalue weighted by molar-refractivity contribution is 0.132. The van der Waals surface area contributed by atoms with Crippen LogP contribution in [-0.2, 0) is 6.54 Å². The lowest BCUT2D eigenvalue weighted by Gasteiger charge is -2.12. The molecule has 136 valence electrons. The van der Waals surface area contributed by atoms with Crippen molar-refractivity contribution in [3.05, 3.63) is 59.7 Å². The van der Waals surface area contributed by atoms with Crippen molar-refractivity contribution in [2.24, 2.45) is 0 Å². The van der Waals surface area contributed by atoms with Gasteiger partial charge in [0, 0.05) is 30.1 Å². The lowest BCUT2D eigenvalue weighted by Crippen LogP contribution is -2.20. The summed E-state index contributed by atoms with van der Waals surface area (Å²) in [5.74, 6) is 1.81. The number of nitrogens with one attached hydrogen (secondary N) is 1. The molecule has 1 atom stereocenters. The number of oxazole rings is 1. The van der Waals surface area contributed by atoms with E-state index in [1.165, 1.54) is 6.26 Å². The summed E-state index contributed by atoms with van der Waals surface area (Å²) in [6, 6.07) is 9.22. The van der Waals surface area contributed by atoms with Crippen LogP contribution in [0.5, 0.6) is 11.5 Å². The van der Waals surface area contributed by atoms with Crippen LogP contribution in [-0.4, -0.2) is 29.3 Å². The highest BCUT2D eigenvalue weighted by Gasteiger charge is 2.14. The van der Waals surface area contributed by atoms with Gasteiger partial charge in [-0.3, -0.25) is 10.3 Å². The Morgan fingerprint density at radius 2 is 1.88 bits per heavy atom. The molecule has 1 aromatic carbocycles. The summed E-state index contributed by atoms with van der Waals surface area (Å²) in [7, 11) is 3.19. The Kier molecular flexibility index (Phi) is 5.50. The fourth-order valence-corrected chi connectivity index (χ4v) is 2.51. The van der Waals surface area contributed by atoms with Gasteiger partial charge in [-0.1, -0.05) is 0 Å². The fraction of sp³-hybridized carbons (Fsp3) is 0.263. The quantitative estimate of drug-likeness (QED) is 0.630. The number of nitrogens with zero attached hydrogens (tertiary/aromatic N) is 2. The van der Waals surface area contributed by atoms with Gasteiger partial charge in [0.2, 0.25) is 5.89 Å². The van der Waals surface area contributed by atoms with Gasteiger partial charge >= 0.3 is 0 Å². The molecule has 0 radical (unpaired) electrons. The third kappa shape index (κ3) is 4.19. The topological polar surface area (TPSA) is 89.6 Å². The second-order valence-electron chi connectivity index (χ2n) is 5.77. The maximum Gasteiger partial charge on any atom is 0.226 e. The van der Waals surface area contributed by atoms with Crippen LogP contribution >= 0.6 is 0 Å². The van der Waals surface area contributed by atoms with Crippen molar-refractivity contribution < 1.29 is 19.0 Å². The van der Waals surface area contributed by atoms with Crippen LogP contribution in [0.4, 0.5) is 0 Å². The number of hydrogen-bond donors (Lipinski definition) is 2. The number of ether oxygens (including phenoxy) is 2. The maximum atomic E-state index is 10.3. The maximum absolute atomic E-state index is 10.3. The molecular formula is C19H21N3O4. The average molecular weight is 355 g/mol. The molecule has 0 aliphatic carbocycles. The Labute approximate surface area is 151 Å². The van der Waals surface area contributed by atoms with E-state index in [-0.39, 0.29) is 0 Å². The summed E-state index contributed by atoms with van der Waals surface area (Å²) >= 11 is 0. The van der Waals surface area contributed by atoms with Crippen LogP contribution in [0.2, 0.25) is 0 Å². The van der Waals surface area contributed by atoms with E-state index in [4.69, 9.17) is 13.9 Å². The Morgan fingerprint density at radius 1 is 1.15 bits per heavy atom. The van der Waals surface area contributed by atoms with Crippen LogP contribution in [0.3, 0.4) is 0 Å². The van der Waals surface area contributed by atoms with Crippen molar-refractivity contribution in [1.29, 1.82) is 0 Å². The van der Waals surface area contributed by atoms with Crippen molar-refractivity contribution in [2.75, 3.05) is 14.2 Å². The monoisotopic (exact) mass is 355 g/mol. The van der Waals surface area contributed by atoms with E-state index in [0.717, 1.165) is 16.8 Å². The summed E-state index contributed by atoms with van der Waals surface area (Å²) < 4.78 is 16.0. The number of pyridine rings is 1. The minimum absolute atomic E-state index is 0.407. The predicted molar refractivity (Wildman–Crippen MR) is 95.8 cm³/mol. The molecule has 0 fully saturated rings. The Morgan fingerprint density at radius 3 is 2.54 bits per heavy atom. The normalized spacial score (nSPS) is 12.0. The first-order chi connectivity index (χ1) is 12.6. The van der Waals surface area contributed by atoms with Gasteiger partial charge in [-0.2, -0.15) is 0 Å². The van der Waals surface area contributed by atoms with E-state index in [1.807, 2.05) is 31.2 Å². The molecule has 0 bridgehead atoms. The molecule has 0 saturated carbocycles. The van der Waals surface area contributed by atoms with Crippen LogP contribution in [0.1, 0.15) is 23.2 Å². The number of aryl methyl sites for hydroxylation is 1. The van der Waals surface area contributed by atoms with E-state index in [2.05, 4.69) is 15.3 Å². The van der Waals surface area contributed by atoms with Gasteiger partial charge in [-0.05, 0) is 36.8 Å². The Balaban J connectivity index is 1.68. The third-order valence-corrected chi connectivity index (χ3v) is 3.86.